The molecule has 23 heavy (non-hydrogen) atoms. The van der Waals surface area contributed by atoms with Gasteiger partial charge in [0.2, 0.25) is 5.91 Å². The second-order valence-electron chi connectivity index (χ2n) is 5.74. The third-order valence-corrected chi connectivity index (χ3v) is 4.86. The van der Waals surface area contributed by atoms with E-state index in [1.54, 1.807) is 35.6 Å². The highest BCUT2D eigenvalue weighted by Gasteiger charge is 2.22. The number of quaternary nitrogens is 1. The first-order valence-corrected chi connectivity index (χ1v) is 8.73. The van der Waals surface area contributed by atoms with Crippen molar-refractivity contribution < 1.29 is 14.1 Å². The van der Waals surface area contributed by atoms with E-state index in [0.717, 1.165) is 32.7 Å². The molecule has 120 valence electrons. The highest BCUT2D eigenvalue weighted by atomic mass is 32.1. The predicted octanol–water partition coefficient (Wildman–Crippen LogP) is 1.83. The molecular weight excluding hydrogens is 311 g/mol. The Morgan fingerprint density at radius 1 is 1.26 bits per heavy atom. The normalized spacial score (nSPS) is 16.1. The summed E-state index contributed by atoms with van der Waals surface area (Å²) in [6.45, 7) is 4.43. The zero-order valence-corrected chi connectivity index (χ0v) is 13.7. The van der Waals surface area contributed by atoms with Gasteiger partial charge in [0.1, 0.15) is 12.4 Å². The Kier molecular flexibility index (Phi) is 5.20. The van der Waals surface area contributed by atoms with Crippen LogP contribution in [0.3, 0.4) is 0 Å². The molecule has 1 fully saturated rings. The standard InChI is InChI=1S/C18H19FN2OS/c19-17-4-2-1-3-16(17)5-6-18(22)21-10-8-20(9-11-21)13-15-7-12-23-14-15/h1-7,12,14H,8-11,13H2/p+1/b6-5+. The molecule has 1 N–H and O–H groups in total. The fraction of sp³-hybridized carbons (Fsp3) is 0.278. The molecule has 0 radical (unpaired) electrons. The van der Waals surface area contributed by atoms with Crippen LogP contribution in [0.25, 0.3) is 6.08 Å². The molecule has 1 aliphatic rings. The van der Waals surface area contributed by atoms with Crippen molar-refractivity contribution >= 4 is 23.3 Å². The van der Waals surface area contributed by atoms with E-state index >= 15 is 0 Å². The van der Waals surface area contributed by atoms with Crippen LogP contribution in [0.5, 0.6) is 0 Å². The number of rotatable bonds is 4. The van der Waals surface area contributed by atoms with Crippen molar-refractivity contribution in [2.75, 3.05) is 26.2 Å². The minimum atomic E-state index is -0.304. The second kappa shape index (κ2) is 7.53. The number of hydrogen-bond donors (Lipinski definition) is 1. The fourth-order valence-electron chi connectivity index (χ4n) is 2.78. The SMILES string of the molecule is O=C(/C=C/c1ccccc1F)N1CC[NH+](Cc2ccsc2)CC1. The van der Waals surface area contributed by atoms with E-state index in [2.05, 4.69) is 16.8 Å². The number of benzene rings is 1. The van der Waals surface area contributed by atoms with Crippen LogP contribution in [-0.2, 0) is 11.3 Å². The number of piperazine rings is 1. The molecule has 2 heterocycles. The predicted molar refractivity (Wildman–Crippen MR) is 90.7 cm³/mol. The fourth-order valence-corrected chi connectivity index (χ4v) is 3.45. The summed E-state index contributed by atoms with van der Waals surface area (Å²) in [6, 6.07) is 8.63. The van der Waals surface area contributed by atoms with Crippen molar-refractivity contribution in [1.82, 2.24) is 4.90 Å². The number of carbonyl (C=O) groups excluding carboxylic acids is 1. The summed E-state index contributed by atoms with van der Waals surface area (Å²) in [6.07, 6.45) is 3.03. The smallest absolute Gasteiger partial charge is 0.246 e. The molecule has 1 amide bonds. The molecule has 0 bridgehead atoms. The van der Waals surface area contributed by atoms with Crippen molar-refractivity contribution in [2.45, 2.75) is 6.54 Å². The zero-order valence-electron chi connectivity index (χ0n) is 12.9. The van der Waals surface area contributed by atoms with Gasteiger partial charge in [-0.25, -0.2) is 4.39 Å². The van der Waals surface area contributed by atoms with Crippen LogP contribution in [0.15, 0.2) is 47.2 Å². The molecular formula is C18H20FN2OS+. The number of nitrogens with one attached hydrogen (secondary N) is 1. The van der Waals surface area contributed by atoms with E-state index in [1.807, 2.05) is 4.90 Å². The number of amides is 1. The molecule has 0 atom stereocenters. The molecule has 3 nitrogen and oxygen atoms in total. The first-order valence-electron chi connectivity index (χ1n) is 7.78. The van der Waals surface area contributed by atoms with Crippen molar-refractivity contribution in [1.29, 1.82) is 0 Å². The Morgan fingerprint density at radius 3 is 2.74 bits per heavy atom. The van der Waals surface area contributed by atoms with Crippen LogP contribution >= 0.6 is 11.3 Å². The molecule has 0 unspecified atom stereocenters. The van der Waals surface area contributed by atoms with E-state index in [0.29, 0.717) is 5.56 Å². The molecule has 1 aromatic heterocycles. The van der Waals surface area contributed by atoms with E-state index in [-0.39, 0.29) is 11.7 Å². The molecule has 1 aliphatic heterocycles. The molecule has 0 aliphatic carbocycles. The molecule has 1 saturated heterocycles. The Bertz CT molecular complexity index is 676. The summed E-state index contributed by atoms with van der Waals surface area (Å²) in [5.41, 5.74) is 1.81. The van der Waals surface area contributed by atoms with Crippen molar-refractivity contribution in [3.05, 3.63) is 64.1 Å². The maximum atomic E-state index is 13.5. The van der Waals surface area contributed by atoms with Crippen LogP contribution in [0, 0.1) is 5.82 Å². The maximum absolute atomic E-state index is 13.5. The van der Waals surface area contributed by atoms with Crippen LogP contribution in [0.2, 0.25) is 0 Å². The van der Waals surface area contributed by atoms with Gasteiger partial charge in [-0.05, 0) is 29.0 Å². The zero-order chi connectivity index (χ0) is 16.1. The van der Waals surface area contributed by atoms with Gasteiger partial charge in [-0.1, -0.05) is 18.2 Å². The third-order valence-electron chi connectivity index (χ3n) is 4.13. The van der Waals surface area contributed by atoms with E-state index < -0.39 is 0 Å². The monoisotopic (exact) mass is 331 g/mol. The van der Waals surface area contributed by atoms with Crippen LogP contribution in [0.4, 0.5) is 4.39 Å². The summed E-state index contributed by atoms with van der Waals surface area (Å²) < 4.78 is 13.5. The van der Waals surface area contributed by atoms with Crippen molar-refractivity contribution in [3.8, 4) is 0 Å². The summed E-state index contributed by atoms with van der Waals surface area (Å²) in [4.78, 5) is 15.6. The van der Waals surface area contributed by atoms with Gasteiger partial charge in [-0.3, -0.25) is 4.79 Å². The van der Waals surface area contributed by atoms with Crippen molar-refractivity contribution in [3.63, 3.8) is 0 Å². The quantitative estimate of drug-likeness (QED) is 0.850. The highest BCUT2D eigenvalue weighted by Crippen LogP contribution is 2.09. The summed E-state index contributed by atoms with van der Waals surface area (Å²) in [5, 5.41) is 4.28. The van der Waals surface area contributed by atoms with Gasteiger partial charge in [0, 0.05) is 17.2 Å². The lowest BCUT2D eigenvalue weighted by Crippen LogP contribution is -3.13. The van der Waals surface area contributed by atoms with E-state index in [4.69, 9.17) is 0 Å². The minimum Gasteiger partial charge on any atom is -0.328 e. The molecule has 0 spiro atoms. The number of carbonyl (C=O) groups is 1. The maximum Gasteiger partial charge on any atom is 0.246 e. The lowest BCUT2D eigenvalue weighted by atomic mass is 10.2. The highest BCUT2D eigenvalue weighted by molar-refractivity contribution is 7.07. The summed E-state index contributed by atoms with van der Waals surface area (Å²) >= 11 is 1.72. The average molecular weight is 331 g/mol. The van der Waals surface area contributed by atoms with Gasteiger partial charge in [0.05, 0.1) is 26.2 Å². The Morgan fingerprint density at radius 2 is 2.04 bits per heavy atom. The van der Waals surface area contributed by atoms with Crippen LogP contribution in [-0.4, -0.2) is 37.0 Å². The van der Waals surface area contributed by atoms with Gasteiger partial charge in [0.15, 0.2) is 0 Å². The van der Waals surface area contributed by atoms with Gasteiger partial charge in [0.25, 0.3) is 0 Å². The summed E-state index contributed by atoms with van der Waals surface area (Å²) in [7, 11) is 0. The molecule has 0 saturated carbocycles. The lowest BCUT2D eigenvalue weighted by molar-refractivity contribution is -0.917. The molecule has 2 aromatic rings. The Hall–Kier alpha value is -1.98. The topological polar surface area (TPSA) is 24.8 Å². The number of halogens is 1. The number of hydrogen-bond acceptors (Lipinski definition) is 2. The van der Waals surface area contributed by atoms with E-state index in [9.17, 15) is 9.18 Å². The largest absolute Gasteiger partial charge is 0.328 e. The lowest BCUT2D eigenvalue weighted by Gasteiger charge is -2.31. The molecule has 1 aromatic carbocycles. The van der Waals surface area contributed by atoms with E-state index in [1.165, 1.54) is 22.6 Å². The van der Waals surface area contributed by atoms with Gasteiger partial charge >= 0.3 is 0 Å². The van der Waals surface area contributed by atoms with Crippen molar-refractivity contribution in [2.24, 2.45) is 0 Å². The van der Waals surface area contributed by atoms with Crippen LogP contribution < -0.4 is 4.90 Å². The Labute approximate surface area is 139 Å². The summed E-state index contributed by atoms with van der Waals surface area (Å²) in [5.74, 6) is -0.343. The minimum absolute atomic E-state index is 0.0390. The first kappa shape index (κ1) is 15.9. The van der Waals surface area contributed by atoms with Gasteiger partial charge < -0.3 is 9.80 Å². The number of nitrogens with zero attached hydrogens (tertiary/aromatic N) is 1. The second-order valence-corrected chi connectivity index (χ2v) is 6.52. The van der Waals surface area contributed by atoms with Crippen LogP contribution in [0.1, 0.15) is 11.1 Å². The average Bonchev–Trinajstić information content (AvgIpc) is 3.07. The third kappa shape index (κ3) is 4.27. The van der Waals surface area contributed by atoms with Gasteiger partial charge in [-0.15, -0.1) is 0 Å². The first-order chi connectivity index (χ1) is 11.2. The Balaban J connectivity index is 1.51. The van der Waals surface area contributed by atoms with Gasteiger partial charge in [-0.2, -0.15) is 11.3 Å². The molecule has 5 heteroatoms. The number of thiophene rings is 1. The molecule has 3 rings (SSSR count).